The summed E-state index contributed by atoms with van der Waals surface area (Å²) < 4.78 is 10.5. The number of nitrogens with one attached hydrogen (secondary N) is 1. The van der Waals surface area contributed by atoms with Gasteiger partial charge in [0.25, 0.3) is 0 Å². The summed E-state index contributed by atoms with van der Waals surface area (Å²) in [4.78, 5) is 37.9. The number of allylic oxidation sites excluding steroid dienone is 3. The van der Waals surface area contributed by atoms with Crippen LogP contribution in [0.5, 0.6) is 0 Å². The van der Waals surface area contributed by atoms with Crippen molar-refractivity contribution in [3.05, 3.63) is 54.1 Å². The van der Waals surface area contributed by atoms with Crippen molar-refractivity contribution in [3.63, 3.8) is 0 Å². The van der Waals surface area contributed by atoms with Crippen LogP contribution < -0.4 is 5.32 Å². The lowest BCUT2D eigenvalue weighted by Crippen LogP contribution is -2.43. The number of hydrogen-bond donors (Lipinski definition) is 3. The molecule has 0 aliphatic carbocycles. The molecule has 1 aromatic carbocycles. The lowest BCUT2D eigenvalue weighted by Gasteiger charge is -2.36. The molecule has 1 amide bonds. The summed E-state index contributed by atoms with van der Waals surface area (Å²) in [6.07, 6.45) is 3.34. The summed E-state index contributed by atoms with van der Waals surface area (Å²) in [5.74, 6) is -2.28. The fourth-order valence-corrected chi connectivity index (χ4v) is 4.69. The van der Waals surface area contributed by atoms with E-state index in [4.69, 9.17) is 9.47 Å². The Balaban J connectivity index is 2.76. The zero-order chi connectivity index (χ0) is 32.1. The van der Waals surface area contributed by atoms with Crippen molar-refractivity contribution in [1.82, 2.24) is 5.32 Å². The van der Waals surface area contributed by atoms with Gasteiger partial charge in [-0.05, 0) is 83.9 Å². The van der Waals surface area contributed by atoms with Crippen molar-refractivity contribution < 1.29 is 34.1 Å². The molecule has 42 heavy (non-hydrogen) atoms. The highest BCUT2D eigenvalue weighted by Gasteiger charge is 2.46. The Labute approximate surface area is 250 Å². The predicted octanol–water partition coefficient (Wildman–Crippen LogP) is 6.37. The van der Waals surface area contributed by atoms with Crippen LogP contribution in [-0.2, 0) is 24.6 Å². The topological polar surface area (TPSA) is 146 Å². The number of amides is 1. The highest BCUT2D eigenvalue weighted by molar-refractivity contribution is 5.79. The fraction of sp³-hybridized carbons (Fsp3) is 0.576. The molecule has 4 unspecified atom stereocenters. The SMILES string of the molecule is C=C(C)c1cccc(C(C)(C)NC(=O)OCC(O)COC(=O)C(C)(CC)CC(C)(CC(C#N)CC=CCC)C(=O)O)c1. The first kappa shape index (κ1) is 36.4. The van der Waals surface area contributed by atoms with Crippen molar-refractivity contribution in [2.24, 2.45) is 16.7 Å². The van der Waals surface area contributed by atoms with Gasteiger partial charge in [-0.3, -0.25) is 9.59 Å². The van der Waals surface area contributed by atoms with Crippen LogP contribution in [0, 0.1) is 28.1 Å². The average Bonchev–Trinajstić information content (AvgIpc) is 2.93. The third kappa shape index (κ3) is 11.0. The van der Waals surface area contributed by atoms with Crippen molar-refractivity contribution in [2.45, 2.75) is 92.2 Å². The fourth-order valence-electron chi connectivity index (χ4n) is 4.69. The first-order chi connectivity index (χ1) is 19.5. The molecule has 0 aliphatic heterocycles. The van der Waals surface area contributed by atoms with Crippen molar-refractivity contribution in [3.8, 4) is 6.07 Å². The molecule has 0 fully saturated rings. The van der Waals surface area contributed by atoms with Crippen LogP contribution in [0.3, 0.4) is 0 Å². The van der Waals surface area contributed by atoms with Gasteiger partial charge in [0.05, 0.1) is 28.4 Å². The minimum atomic E-state index is -1.35. The maximum Gasteiger partial charge on any atom is 0.407 e. The highest BCUT2D eigenvalue weighted by Crippen LogP contribution is 2.42. The largest absolute Gasteiger partial charge is 0.481 e. The second-order valence-electron chi connectivity index (χ2n) is 12.1. The third-order valence-electron chi connectivity index (χ3n) is 7.58. The number of aliphatic carboxylic acids is 1. The number of nitriles is 1. The maximum absolute atomic E-state index is 13.1. The molecule has 3 N–H and O–H groups in total. The molecule has 9 nitrogen and oxygen atoms in total. The number of carbonyl (C=O) groups is 3. The molecular weight excluding hydrogens is 536 g/mol. The quantitative estimate of drug-likeness (QED) is 0.141. The molecule has 1 rings (SSSR count). The number of ether oxygens (including phenoxy) is 2. The Morgan fingerprint density at radius 2 is 1.74 bits per heavy atom. The van der Waals surface area contributed by atoms with E-state index in [0.29, 0.717) is 12.8 Å². The molecule has 0 saturated heterocycles. The number of nitrogens with zero attached hydrogens (tertiary/aromatic N) is 1. The molecule has 0 aliphatic rings. The minimum Gasteiger partial charge on any atom is -0.481 e. The lowest BCUT2D eigenvalue weighted by atomic mass is 9.67. The second kappa shape index (κ2) is 16.1. The molecular formula is C33H48N2O7. The van der Waals surface area contributed by atoms with Gasteiger partial charge in [-0.25, -0.2) is 4.79 Å². The molecule has 1 aromatic rings. The number of carboxylic acids is 1. The van der Waals surface area contributed by atoms with Gasteiger partial charge in [-0.1, -0.05) is 56.4 Å². The zero-order valence-electron chi connectivity index (χ0n) is 26.2. The van der Waals surface area contributed by atoms with Gasteiger partial charge in [0.1, 0.15) is 19.3 Å². The number of carboxylic acid groups (broad SMARTS) is 1. The van der Waals surface area contributed by atoms with E-state index in [-0.39, 0.29) is 12.8 Å². The third-order valence-corrected chi connectivity index (χ3v) is 7.58. The summed E-state index contributed by atoms with van der Waals surface area (Å²) in [6, 6.07) is 9.80. The minimum absolute atomic E-state index is 0.0446. The van der Waals surface area contributed by atoms with Crippen LogP contribution in [-0.4, -0.2) is 47.6 Å². The number of rotatable bonds is 17. The number of hydrogen-bond acceptors (Lipinski definition) is 7. The number of esters is 1. The molecule has 0 spiro atoms. The standard InChI is InChI=1S/C33H48N2O7/c1-9-11-12-14-24(19-34)18-33(8,28(37)38)22-32(7,10-2)29(39)41-20-27(36)21-42-30(40)35-31(5,6)26-16-13-15-25(17-26)23(3)4/h11-13,15-17,24,27,36H,3,9-10,14,18,20-22H2,1-2,4-8H3,(H,35,40)(H,37,38). The Hall–Kier alpha value is -3.64. The van der Waals surface area contributed by atoms with Crippen molar-refractivity contribution >= 4 is 23.6 Å². The van der Waals surface area contributed by atoms with Crippen molar-refractivity contribution in [2.75, 3.05) is 13.2 Å². The summed E-state index contributed by atoms with van der Waals surface area (Å²) in [5.41, 5.74) is -0.597. The van der Waals surface area contributed by atoms with Crippen LogP contribution >= 0.6 is 0 Å². The van der Waals surface area contributed by atoms with Crippen LogP contribution in [0.2, 0.25) is 0 Å². The van der Waals surface area contributed by atoms with Gasteiger partial charge in [-0.15, -0.1) is 0 Å². The van der Waals surface area contributed by atoms with E-state index in [1.165, 1.54) is 0 Å². The van der Waals surface area contributed by atoms with Gasteiger partial charge in [0, 0.05) is 0 Å². The van der Waals surface area contributed by atoms with Crippen LogP contribution in [0.25, 0.3) is 5.57 Å². The molecule has 0 bridgehead atoms. The summed E-state index contributed by atoms with van der Waals surface area (Å²) in [5, 5.41) is 32.7. The number of alkyl carbamates (subject to hydrolysis) is 1. The number of carbonyl (C=O) groups excluding carboxylic acids is 2. The van der Waals surface area contributed by atoms with Crippen LogP contribution in [0.15, 0.2) is 43.0 Å². The summed E-state index contributed by atoms with van der Waals surface area (Å²) in [6.45, 7) is 15.5. The Morgan fingerprint density at radius 3 is 2.29 bits per heavy atom. The van der Waals surface area contributed by atoms with E-state index in [1.54, 1.807) is 20.8 Å². The first-order valence-corrected chi connectivity index (χ1v) is 14.4. The van der Waals surface area contributed by atoms with Gasteiger partial charge >= 0.3 is 18.0 Å². The molecule has 232 valence electrons. The molecule has 0 aromatic heterocycles. The first-order valence-electron chi connectivity index (χ1n) is 14.4. The van der Waals surface area contributed by atoms with E-state index < -0.39 is 59.6 Å². The van der Waals surface area contributed by atoms with Crippen molar-refractivity contribution in [1.29, 1.82) is 5.26 Å². The molecule has 0 heterocycles. The van der Waals surface area contributed by atoms with E-state index in [1.807, 2.05) is 64.1 Å². The molecule has 0 radical (unpaired) electrons. The Morgan fingerprint density at radius 1 is 1.10 bits per heavy atom. The second-order valence-corrected chi connectivity index (χ2v) is 12.1. The average molecular weight is 585 g/mol. The van der Waals surface area contributed by atoms with E-state index in [2.05, 4.69) is 18.0 Å². The lowest BCUT2D eigenvalue weighted by molar-refractivity contribution is -0.164. The summed E-state index contributed by atoms with van der Waals surface area (Å²) >= 11 is 0. The Kier molecular flexibility index (Phi) is 14.0. The molecule has 9 heteroatoms. The van der Waals surface area contributed by atoms with Gasteiger partial charge < -0.3 is 25.0 Å². The Bertz CT molecular complexity index is 1170. The van der Waals surface area contributed by atoms with E-state index in [9.17, 15) is 29.9 Å². The predicted molar refractivity (Wildman–Crippen MR) is 162 cm³/mol. The van der Waals surface area contributed by atoms with Crippen LogP contribution in [0.1, 0.15) is 91.7 Å². The number of benzene rings is 1. The van der Waals surface area contributed by atoms with E-state index >= 15 is 0 Å². The highest BCUT2D eigenvalue weighted by atomic mass is 16.6. The normalized spacial score (nSPS) is 15.9. The monoisotopic (exact) mass is 584 g/mol. The molecule has 4 atom stereocenters. The van der Waals surface area contributed by atoms with Gasteiger partial charge in [0.15, 0.2) is 0 Å². The maximum atomic E-state index is 13.1. The van der Waals surface area contributed by atoms with Gasteiger partial charge in [-0.2, -0.15) is 5.26 Å². The summed E-state index contributed by atoms with van der Waals surface area (Å²) in [7, 11) is 0. The van der Waals surface area contributed by atoms with E-state index in [0.717, 1.165) is 23.1 Å². The zero-order valence-corrected chi connectivity index (χ0v) is 26.2. The van der Waals surface area contributed by atoms with Gasteiger partial charge in [0.2, 0.25) is 0 Å². The number of aliphatic hydroxyl groups excluding tert-OH is 1. The molecule has 0 saturated carbocycles. The number of aliphatic hydroxyl groups is 1. The van der Waals surface area contributed by atoms with Crippen LogP contribution in [0.4, 0.5) is 4.79 Å². The smallest absolute Gasteiger partial charge is 0.407 e.